The number of fused-ring (bicyclic) bond motifs is 2. The van der Waals surface area contributed by atoms with Crippen LogP contribution in [0.4, 0.5) is 0 Å². The Bertz CT molecular complexity index is 414. The molecule has 104 valence electrons. The standard InChI is InChI=1S/C17H25NO/c1-13(2)18-15-9-6-10-16(18)12-17(19,11-15)14-7-4-3-5-8-14/h3-5,7-8,13,15-16,19H,6,9-12H2,1-2H3/t15-,16-/m1/s1. The van der Waals surface area contributed by atoms with Crippen molar-refractivity contribution in [3.8, 4) is 0 Å². The molecule has 0 radical (unpaired) electrons. The van der Waals surface area contributed by atoms with Crippen molar-refractivity contribution < 1.29 is 5.11 Å². The van der Waals surface area contributed by atoms with Crippen molar-refractivity contribution in [1.82, 2.24) is 4.90 Å². The molecule has 1 aromatic rings. The Kier molecular flexibility index (Phi) is 3.40. The highest BCUT2D eigenvalue weighted by Crippen LogP contribution is 2.44. The van der Waals surface area contributed by atoms with Crippen molar-refractivity contribution in [2.24, 2.45) is 0 Å². The van der Waals surface area contributed by atoms with Gasteiger partial charge in [0.05, 0.1) is 5.60 Å². The fourth-order valence-corrected chi connectivity index (χ4v) is 4.29. The molecule has 0 spiro atoms. The van der Waals surface area contributed by atoms with Gasteiger partial charge in [-0.1, -0.05) is 36.8 Å². The zero-order valence-corrected chi connectivity index (χ0v) is 12.0. The van der Waals surface area contributed by atoms with Crippen LogP contribution in [0.1, 0.15) is 51.5 Å². The fourth-order valence-electron chi connectivity index (χ4n) is 4.29. The number of nitrogens with zero attached hydrogens (tertiary/aromatic N) is 1. The van der Waals surface area contributed by atoms with Crippen LogP contribution in [0.25, 0.3) is 0 Å². The van der Waals surface area contributed by atoms with Crippen LogP contribution in [0.2, 0.25) is 0 Å². The van der Waals surface area contributed by atoms with Crippen molar-refractivity contribution in [1.29, 1.82) is 0 Å². The second kappa shape index (κ2) is 4.92. The number of benzene rings is 1. The molecule has 2 fully saturated rings. The Hall–Kier alpha value is -0.860. The van der Waals surface area contributed by atoms with E-state index in [1.807, 2.05) is 18.2 Å². The number of aliphatic hydroxyl groups is 1. The third kappa shape index (κ3) is 2.32. The Morgan fingerprint density at radius 2 is 1.68 bits per heavy atom. The van der Waals surface area contributed by atoms with Crippen LogP contribution < -0.4 is 0 Å². The van der Waals surface area contributed by atoms with Crippen LogP contribution >= 0.6 is 0 Å². The van der Waals surface area contributed by atoms with E-state index >= 15 is 0 Å². The van der Waals surface area contributed by atoms with Gasteiger partial charge in [0.1, 0.15) is 0 Å². The summed E-state index contributed by atoms with van der Waals surface area (Å²) in [6, 6.07) is 12.0. The summed E-state index contributed by atoms with van der Waals surface area (Å²) in [6.07, 6.45) is 5.59. The molecule has 2 atom stereocenters. The van der Waals surface area contributed by atoms with Gasteiger partial charge in [-0.05, 0) is 45.1 Å². The molecule has 0 unspecified atom stereocenters. The molecular formula is C17H25NO. The Morgan fingerprint density at radius 3 is 2.21 bits per heavy atom. The minimum absolute atomic E-state index is 0.553. The van der Waals surface area contributed by atoms with Crippen molar-refractivity contribution in [2.75, 3.05) is 0 Å². The van der Waals surface area contributed by atoms with Gasteiger partial charge in [0, 0.05) is 18.1 Å². The lowest BCUT2D eigenvalue weighted by atomic mass is 9.72. The van der Waals surface area contributed by atoms with E-state index in [0.29, 0.717) is 18.1 Å². The first kappa shape index (κ1) is 13.1. The van der Waals surface area contributed by atoms with Gasteiger partial charge in [0.25, 0.3) is 0 Å². The van der Waals surface area contributed by atoms with E-state index in [1.54, 1.807) is 0 Å². The summed E-state index contributed by atoms with van der Waals surface area (Å²) in [5.74, 6) is 0. The predicted molar refractivity (Wildman–Crippen MR) is 78.0 cm³/mol. The van der Waals surface area contributed by atoms with E-state index in [9.17, 15) is 5.11 Å². The largest absolute Gasteiger partial charge is 0.385 e. The van der Waals surface area contributed by atoms with E-state index in [1.165, 1.54) is 19.3 Å². The van der Waals surface area contributed by atoms with Crippen molar-refractivity contribution in [3.05, 3.63) is 35.9 Å². The van der Waals surface area contributed by atoms with Gasteiger partial charge in [-0.15, -0.1) is 0 Å². The van der Waals surface area contributed by atoms with Crippen LogP contribution in [0.15, 0.2) is 30.3 Å². The molecule has 19 heavy (non-hydrogen) atoms. The highest BCUT2D eigenvalue weighted by molar-refractivity contribution is 5.24. The Labute approximate surface area is 116 Å². The minimum atomic E-state index is -0.609. The second-order valence-electron chi connectivity index (χ2n) is 6.59. The number of hydrogen-bond acceptors (Lipinski definition) is 2. The van der Waals surface area contributed by atoms with E-state index in [2.05, 4.69) is 30.9 Å². The van der Waals surface area contributed by atoms with E-state index in [0.717, 1.165) is 18.4 Å². The normalized spacial score (nSPS) is 35.6. The van der Waals surface area contributed by atoms with Crippen LogP contribution in [-0.4, -0.2) is 28.1 Å². The highest BCUT2D eigenvalue weighted by atomic mass is 16.3. The maximum absolute atomic E-state index is 11.1. The minimum Gasteiger partial charge on any atom is -0.385 e. The molecular weight excluding hydrogens is 234 g/mol. The van der Waals surface area contributed by atoms with Crippen LogP contribution in [0.5, 0.6) is 0 Å². The second-order valence-corrected chi connectivity index (χ2v) is 6.59. The van der Waals surface area contributed by atoms with Crippen LogP contribution in [0, 0.1) is 0 Å². The fraction of sp³-hybridized carbons (Fsp3) is 0.647. The predicted octanol–water partition coefficient (Wildman–Crippen LogP) is 3.30. The van der Waals surface area contributed by atoms with Gasteiger partial charge in [-0.25, -0.2) is 0 Å². The average Bonchev–Trinajstić information content (AvgIpc) is 2.38. The average molecular weight is 259 g/mol. The molecule has 1 N–H and O–H groups in total. The summed E-state index contributed by atoms with van der Waals surface area (Å²) in [7, 11) is 0. The molecule has 2 heterocycles. The van der Waals surface area contributed by atoms with E-state index in [-0.39, 0.29) is 0 Å². The maximum atomic E-state index is 11.1. The summed E-state index contributed by atoms with van der Waals surface area (Å²) in [6.45, 7) is 4.58. The number of hydrogen-bond donors (Lipinski definition) is 1. The lowest BCUT2D eigenvalue weighted by Crippen LogP contribution is -2.58. The number of rotatable bonds is 2. The lowest BCUT2D eigenvalue weighted by molar-refractivity contribution is -0.107. The van der Waals surface area contributed by atoms with Gasteiger partial charge in [-0.3, -0.25) is 4.90 Å². The van der Waals surface area contributed by atoms with Gasteiger partial charge in [-0.2, -0.15) is 0 Å². The van der Waals surface area contributed by atoms with Crippen molar-refractivity contribution in [2.45, 2.75) is 69.7 Å². The monoisotopic (exact) mass is 259 g/mol. The summed E-state index contributed by atoms with van der Waals surface area (Å²) in [4.78, 5) is 2.65. The van der Waals surface area contributed by atoms with E-state index in [4.69, 9.17) is 0 Å². The van der Waals surface area contributed by atoms with E-state index < -0.39 is 5.60 Å². The van der Waals surface area contributed by atoms with Gasteiger partial charge in [0.15, 0.2) is 0 Å². The van der Waals surface area contributed by atoms with Crippen LogP contribution in [0.3, 0.4) is 0 Å². The van der Waals surface area contributed by atoms with Gasteiger partial charge < -0.3 is 5.11 Å². The molecule has 2 heteroatoms. The summed E-state index contributed by atoms with van der Waals surface area (Å²) >= 11 is 0. The molecule has 0 saturated carbocycles. The lowest BCUT2D eigenvalue weighted by Gasteiger charge is -2.54. The summed E-state index contributed by atoms with van der Waals surface area (Å²) in [5, 5.41) is 11.1. The number of piperidine rings is 2. The third-order valence-electron chi connectivity index (χ3n) is 4.97. The Balaban J connectivity index is 1.89. The molecule has 2 aliphatic rings. The smallest absolute Gasteiger partial charge is 0.0926 e. The first-order valence-electron chi connectivity index (χ1n) is 7.65. The summed E-state index contributed by atoms with van der Waals surface area (Å²) < 4.78 is 0. The maximum Gasteiger partial charge on any atom is 0.0926 e. The first-order chi connectivity index (χ1) is 9.10. The van der Waals surface area contributed by atoms with Gasteiger partial charge >= 0.3 is 0 Å². The molecule has 0 aliphatic carbocycles. The molecule has 0 aromatic heterocycles. The first-order valence-corrected chi connectivity index (χ1v) is 7.65. The molecule has 2 bridgehead atoms. The molecule has 1 aromatic carbocycles. The third-order valence-corrected chi connectivity index (χ3v) is 4.97. The quantitative estimate of drug-likeness (QED) is 0.881. The molecule has 2 saturated heterocycles. The summed E-state index contributed by atoms with van der Waals surface area (Å²) in [5.41, 5.74) is 0.498. The topological polar surface area (TPSA) is 23.5 Å². The zero-order valence-electron chi connectivity index (χ0n) is 12.0. The Morgan fingerprint density at radius 1 is 1.11 bits per heavy atom. The van der Waals surface area contributed by atoms with Gasteiger partial charge in [0.2, 0.25) is 0 Å². The SMILES string of the molecule is CC(C)N1[C@@H]2CCC[C@@H]1CC(O)(c1ccccc1)C2. The molecule has 3 rings (SSSR count). The highest BCUT2D eigenvalue weighted by Gasteiger charge is 2.46. The van der Waals surface area contributed by atoms with Crippen molar-refractivity contribution >= 4 is 0 Å². The van der Waals surface area contributed by atoms with Crippen molar-refractivity contribution in [3.63, 3.8) is 0 Å². The molecule has 2 aliphatic heterocycles. The van der Waals surface area contributed by atoms with Crippen LogP contribution in [-0.2, 0) is 5.60 Å². The molecule has 0 amide bonds. The zero-order chi connectivity index (χ0) is 13.5. The molecule has 2 nitrogen and oxygen atoms in total.